The topological polar surface area (TPSA) is 340 Å². The van der Waals surface area contributed by atoms with Gasteiger partial charge in [-0.25, -0.2) is 55.5 Å². The molecule has 2 aliphatic heterocycles. The zero-order valence-electron chi connectivity index (χ0n) is 55.2. The van der Waals surface area contributed by atoms with E-state index < -0.39 is 88.6 Å². The Morgan fingerprint density at radius 3 is 1.21 bits per heavy atom. The molecule has 0 radical (unpaired) electrons. The normalized spacial score (nSPS) is 16.7. The maximum Gasteiger partial charge on any atom is 0.213 e. The van der Waals surface area contributed by atoms with Crippen LogP contribution in [0.4, 0.5) is 8.78 Å². The Balaban J connectivity index is 0.000000225. The fourth-order valence-electron chi connectivity index (χ4n) is 10.1. The maximum absolute atomic E-state index is 14.7. The van der Waals surface area contributed by atoms with E-state index in [0.29, 0.717) is 59.0 Å². The minimum absolute atomic E-state index is 0.0171. The van der Waals surface area contributed by atoms with Crippen molar-refractivity contribution >= 4 is 19.7 Å². The third kappa shape index (κ3) is 17.0. The highest BCUT2D eigenvalue weighted by atomic mass is 32.2. The van der Waals surface area contributed by atoms with Crippen LogP contribution in [0.3, 0.4) is 0 Å². The Kier molecular flexibility index (Phi) is 23.0. The average molecular weight is 1370 g/mol. The van der Waals surface area contributed by atoms with Crippen molar-refractivity contribution in [2.24, 2.45) is 0 Å². The van der Waals surface area contributed by atoms with Crippen LogP contribution in [0.25, 0.3) is 34.4 Å². The summed E-state index contributed by atoms with van der Waals surface area (Å²) in [7, 11) is -2.06. The second-order valence-corrected chi connectivity index (χ2v) is 28.6. The van der Waals surface area contributed by atoms with Crippen molar-refractivity contribution in [1.29, 1.82) is 0 Å². The molecule has 2 saturated heterocycles. The van der Waals surface area contributed by atoms with Crippen molar-refractivity contribution in [1.82, 2.24) is 59.4 Å². The van der Waals surface area contributed by atoms with Crippen molar-refractivity contribution in [3.63, 3.8) is 0 Å². The lowest BCUT2D eigenvalue weighted by molar-refractivity contribution is -0.0932. The summed E-state index contributed by atoms with van der Waals surface area (Å²) in [5, 5.41) is 35.6. The van der Waals surface area contributed by atoms with Crippen LogP contribution in [0.15, 0.2) is 85.2 Å². The van der Waals surface area contributed by atoms with Crippen molar-refractivity contribution in [2.45, 2.75) is 113 Å². The number of ether oxygens (including phenoxy) is 10. The third-order valence-electron chi connectivity index (χ3n) is 15.6. The zero-order valence-corrected chi connectivity index (χ0v) is 56.8. The van der Waals surface area contributed by atoms with Gasteiger partial charge in [0.25, 0.3) is 0 Å². The molecule has 0 saturated carbocycles. The lowest BCUT2D eigenvalue weighted by Gasteiger charge is -2.24. The van der Waals surface area contributed by atoms with E-state index in [1.807, 2.05) is 0 Å². The van der Waals surface area contributed by atoms with Gasteiger partial charge in [0.15, 0.2) is 54.6 Å². The van der Waals surface area contributed by atoms with Gasteiger partial charge in [0.1, 0.15) is 106 Å². The second-order valence-electron chi connectivity index (χ2n) is 23.9. The Labute approximate surface area is 554 Å². The molecule has 0 bridgehead atoms. The van der Waals surface area contributed by atoms with Crippen LogP contribution in [0.5, 0.6) is 34.8 Å². The summed E-state index contributed by atoms with van der Waals surface area (Å²) < 4.78 is 145. The van der Waals surface area contributed by atoms with E-state index in [1.54, 1.807) is 128 Å². The summed E-state index contributed by atoms with van der Waals surface area (Å²) in [6, 6.07) is 20.3. The molecule has 28 nitrogen and oxygen atoms in total. The number of hydrogen-bond acceptors (Lipinski definition) is 26. The molecule has 516 valence electrons. The number of nitrogens with zero attached hydrogens (tertiary/aromatic N) is 12. The predicted molar refractivity (Wildman–Crippen MR) is 343 cm³/mol. The molecule has 2 fully saturated rings. The quantitative estimate of drug-likeness (QED) is 0.0539. The summed E-state index contributed by atoms with van der Waals surface area (Å²) in [5.74, 6) is -1.17. The van der Waals surface area contributed by atoms with Crippen molar-refractivity contribution in [3.8, 4) is 69.2 Å². The van der Waals surface area contributed by atoms with E-state index >= 15 is 0 Å². The highest BCUT2D eigenvalue weighted by Crippen LogP contribution is 2.40. The summed E-state index contributed by atoms with van der Waals surface area (Å²) in [6.07, 6.45) is 0.601. The monoisotopic (exact) mass is 1370 g/mol. The van der Waals surface area contributed by atoms with Gasteiger partial charge in [0.2, 0.25) is 11.8 Å². The molecule has 96 heavy (non-hydrogen) atoms. The summed E-state index contributed by atoms with van der Waals surface area (Å²) in [4.78, 5) is 26.1. The molecule has 32 heteroatoms. The molecular weight excluding hydrogens is 1290 g/mol. The molecule has 0 aliphatic carbocycles. The van der Waals surface area contributed by atoms with Crippen LogP contribution in [-0.4, -0.2) is 189 Å². The zero-order chi connectivity index (χ0) is 69.3. The van der Waals surface area contributed by atoms with Gasteiger partial charge in [-0.1, -0.05) is 38.1 Å². The first kappa shape index (κ1) is 71.8. The standard InChI is InChI=1S/2C32H39FN6O8S/c2*1-19(30-34-15-21(33)28(36-30)25-16-45-13-14-46-25)20(2)48(41,42)17-26-37-38-31(22-9-7-12-27(35-22)47-18-32(3,4)40)39(26)29-23(43-5)10-8-11-24(29)44-6/h2*7-12,15,19-20,25,40H,13-14,16-18H2,1-6H3/t19-,20-,25+;19-,20-,25-/m00/s1. The molecule has 0 unspecified atom stereocenters. The van der Waals surface area contributed by atoms with Gasteiger partial charge in [0, 0.05) is 24.0 Å². The lowest BCUT2D eigenvalue weighted by Crippen LogP contribution is -2.29. The first-order valence-corrected chi connectivity index (χ1v) is 33.9. The van der Waals surface area contributed by atoms with Gasteiger partial charge in [-0.3, -0.25) is 9.13 Å². The summed E-state index contributed by atoms with van der Waals surface area (Å²) >= 11 is 0. The molecule has 8 heterocycles. The number of aliphatic hydroxyl groups is 2. The fourth-order valence-corrected chi connectivity index (χ4v) is 13.2. The number of rotatable bonds is 26. The average Bonchev–Trinajstić information content (AvgIpc) is 1.60. The van der Waals surface area contributed by atoms with Crippen LogP contribution in [0, 0.1) is 11.6 Å². The molecule has 2 aliphatic rings. The lowest BCUT2D eigenvalue weighted by atomic mass is 10.1. The molecule has 2 N–H and O–H groups in total. The Hall–Kier alpha value is -8.50. The number of aromatic nitrogens is 12. The molecule has 6 aromatic heterocycles. The Morgan fingerprint density at radius 2 is 0.885 bits per heavy atom. The minimum atomic E-state index is -3.99. The number of hydrogen-bond donors (Lipinski definition) is 2. The highest BCUT2D eigenvalue weighted by molar-refractivity contribution is 7.91. The smallest absolute Gasteiger partial charge is 0.213 e. The highest BCUT2D eigenvalue weighted by Gasteiger charge is 2.37. The molecule has 0 spiro atoms. The Bertz CT molecular complexity index is 3910. The van der Waals surface area contributed by atoms with Crippen molar-refractivity contribution in [2.75, 3.05) is 81.3 Å². The number of pyridine rings is 2. The van der Waals surface area contributed by atoms with Gasteiger partial charge in [-0.15, -0.1) is 20.4 Å². The Morgan fingerprint density at radius 1 is 0.531 bits per heavy atom. The molecular formula is C64H78F2N12O16S2. The summed E-state index contributed by atoms with van der Waals surface area (Å²) in [6.45, 7) is 14.4. The van der Waals surface area contributed by atoms with Crippen molar-refractivity contribution in [3.05, 3.63) is 132 Å². The number of sulfone groups is 2. The molecule has 0 amide bonds. The van der Waals surface area contributed by atoms with Crippen LogP contribution in [0.1, 0.15) is 114 Å². The fraction of sp³-hybridized carbons (Fsp3) is 0.469. The van der Waals surface area contributed by atoms with E-state index in [-0.39, 0.29) is 97.7 Å². The van der Waals surface area contributed by atoms with Gasteiger partial charge in [0.05, 0.1) is 102 Å². The summed E-state index contributed by atoms with van der Waals surface area (Å²) in [5.41, 5.74) is -0.814. The van der Waals surface area contributed by atoms with Gasteiger partial charge >= 0.3 is 0 Å². The SMILES string of the molecule is COc1cccc(OC)c1-n1c(CS(=O)(=O)[C@@H](C)[C@H](C)c2ncc(F)c([C@@H]3COCCO3)n2)nnc1-c1cccc(OCC(C)(C)O)n1.COc1cccc(OC)c1-n1c(CS(=O)(=O)[C@@H](C)[C@H](C)c2ncc(F)c([C@H]3COCCO3)n2)nnc1-c1cccc(OCC(C)(C)O)n1. The van der Waals surface area contributed by atoms with Crippen LogP contribution in [0.2, 0.25) is 0 Å². The van der Waals surface area contributed by atoms with Gasteiger partial charge < -0.3 is 57.6 Å². The van der Waals surface area contributed by atoms with Gasteiger partial charge in [-0.05, 0) is 77.9 Å². The van der Waals surface area contributed by atoms with Gasteiger partial charge in [-0.2, -0.15) is 0 Å². The van der Waals surface area contributed by atoms with Crippen LogP contribution < -0.4 is 28.4 Å². The van der Waals surface area contributed by atoms with E-state index in [0.717, 1.165) is 12.4 Å². The third-order valence-corrected chi connectivity index (χ3v) is 20.0. The predicted octanol–water partition coefficient (Wildman–Crippen LogP) is 7.24. The largest absolute Gasteiger partial charge is 0.494 e. The van der Waals surface area contributed by atoms with E-state index in [9.17, 15) is 35.8 Å². The number of benzene rings is 2. The first-order chi connectivity index (χ1) is 45.6. The van der Waals surface area contributed by atoms with Crippen LogP contribution in [-0.2, 0) is 50.1 Å². The molecule has 6 atom stereocenters. The second kappa shape index (κ2) is 30.7. The molecule has 10 rings (SSSR count). The first-order valence-electron chi connectivity index (χ1n) is 30.5. The number of methoxy groups -OCH3 is 4. The molecule has 2 aromatic carbocycles. The van der Waals surface area contributed by atoms with Crippen molar-refractivity contribution < 1.29 is 83.2 Å². The number of para-hydroxylation sites is 2. The maximum atomic E-state index is 14.7. The molecule has 8 aromatic rings. The van der Waals surface area contributed by atoms with E-state index in [2.05, 4.69) is 50.3 Å². The van der Waals surface area contributed by atoms with E-state index in [1.165, 1.54) is 37.6 Å². The number of halogens is 2. The van der Waals surface area contributed by atoms with E-state index in [4.69, 9.17) is 47.4 Å². The van der Waals surface area contributed by atoms with Crippen LogP contribution >= 0.6 is 0 Å². The minimum Gasteiger partial charge on any atom is -0.494 e.